The molecule has 2 aliphatic carbocycles. The molecule has 0 radical (unpaired) electrons. The molecule has 0 spiro atoms. The third-order valence-electron chi connectivity index (χ3n) is 5.09. The predicted octanol–water partition coefficient (Wildman–Crippen LogP) is 2.52. The van der Waals surface area contributed by atoms with Crippen molar-refractivity contribution in [3.8, 4) is 0 Å². The Morgan fingerprint density at radius 2 is 2.00 bits per heavy atom. The number of carbonyl (C=O) groups is 1. The lowest BCUT2D eigenvalue weighted by Crippen LogP contribution is -2.45. The molecular formula is C16H20F2N2O. The minimum absolute atomic E-state index is 0.0630. The van der Waals surface area contributed by atoms with Crippen molar-refractivity contribution >= 4 is 5.91 Å². The normalized spacial score (nSPS) is 32.2. The monoisotopic (exact) mass is 294 g/mol. The van der Waals surface area contributed by atoms with Gasteiger partial charge in [-0.05, 0) is 55.7 Å². The molecule has 2 aliphatic rings. The Labute approximate surface area is 122 Å². The molecule has 3 rings (SSSR count). The molecule has 21 heavy (non-hydrogen) atoms. The summed E-state index contributed by atoms with van der Waals surface area (Å²) in [6.07, 6.45) is 3.23. The summed E-state index contributed by atoms with van der Waals surface area (Å²) in [5.41, 5.74) is 6.71. The average Bonchev–Trinajstić information content (AvgIpc) is 3.02. The van der Waals surface area contributed by atoms with Gasteiger partial charge in [0.05, 0.1) is 12.0 Å². The number of hydrogen-bond donors (Lipinski definition) is 2. The number of benzene rings is 1. The third kappa shape index (κ3) is 2.55. The fourth-order valence-electron chi connectivity index (χ4n) is 3.90. The standard InChI is InChI=1S/C16H20F2N2O/c1-8(9-4-5-12(17)13(18)7-9)20-16(21)14-10-2-3-11(6-10)15(14)19/h4-5,7-8,10-11,14-15H,2-3,6,19H2,1H3,(H,20,21). The van der Waals surface area contributed by atoms with Crippen molar-refractivity contribution in [3.63, 3.8) is 0 Å². The van der Waals surface area contributed by atoms with E-state index >= 15 is 0 Å². The molecular weight excluding hydrogens is 274 g/mol. The summed E-state index contributed by atoms with van der Waals surface area (Å²) in [5, 5.41) is 2.89. The van der Waals surface area contributed by atoms with Crippen LogP contribution in [0.2, 0.25) is 0 Å². The Hall–Kier alpha value is -1.49. The molecule has 1 aromatic carbocycles. The van der Waals surface area contributed by atoms with Gasteiger partial charge in [0.1, 0.15) is 0 Å². The van der Waals surface area contributed by atoms with Gasteiger partial charge in [-0.1, -0.05) is 6.07 Å². The van der Waals surface area contributed by atoms with Crippen LogP contribution >= 0.6 is 0 Å². The first-order valence-electron chi connectivity index (χ1n) is 7.48. The molecule has 0 aliphatic heterocycles. The van der Waals surface area contributed by atoms with Gasteiger partial charge in [0, 0.05) is 6.04 Å². The zero-order chi connectivity index (χ0) is 15.1. The van der Waals surface area contributed by atoms with E-state index in [-0.39, 0.29) is 23.9 Å². The Kier molecular flexibility index (Phi) is 3.69. The fraction of sp³-hybridized carbons (Fsp3) is 0.562. The van der Waals surface area contributed by atoms with Crippen LogP contribution in [0.25, 0.3) is 0 Å². The van der Waals surface area contributed by atoms with Crippen LogP contribution < -0.4 is 11.1 Å². The van der Waals surface area contributed by atoms with Gasteiger partial charge in [0.25, 0.3) is 0 Å². The number of carbonyl (C=O) groups excluding carboxylic acids is 1. The summed E-state index contributed by atoms with van der Waals surface area (Å²) in [6, 6.07) is 3.27. The summed E-state index contributed by atoms with van der Waals surface area (Å²) in [4.78, 5) is 12.4. The Balaban J connectivity index is 1.68. The molecule has 0 aromatic heterocycles. The zero-order valence-electron chi connectivity index (χ0n) is 12.0. The first-order valence-corrected chi connectivity index (χ1v) is 7.48. The van der Waals surface area contributed by atoms with E-state index < -0.39 is 11.6 Å². The maximum Gasteiger partial charge on any atom is 0.225 e. The van der Waals surface area contributed by atoms with Crippen molar-refractivity contribution in [2.24, 2.45) is 23.5 Å². The Morgan fingerprint density at radius 1 is 1.29 bits per heavy atom. The smallest absolute Gasteiger partial charge is 0.225 e. The highest BCUT2D eigenvalue weighted by Crippen LogP contribution is 2.47. The maximum absolute atomic E-state index is 13.3. The molecule has 2 saturated carbocycles. The second-order valence-corrected chi connectivity index (χ2v) is 6.34. The molecule has 5 unspecified atom stereocenters. The quantitative estimate of drug-likeness (QED) is 0.900. The number of nitrogens with two attached hydrogens (primary N) is 1. The maximum atomic E-state index is 13.3. The van der Waals surface area contributed by atoms with Gasteiger partial charge >= 0.3 is 0 Å². The van der Waals surface area contributed by atoms with Gasteiger partial charge in [-0.15, -0.1) is 0 Å². The van der Waals surface area contributed by atoms with Crippen molar-refractivity contribution in [1.29, 1.82) is 0 Å². The lowest BCUT2D eigenvalue weighted by atomic mass is 9.84. The molecule has 0 saturated heterocycles. The number of amides is 1. The van der Waals surface area contributed by atoms with Crippen molar-refractivity contribution in [2.45, 2.75) is 38.3 Å². The third-order valence-corrected chi connectivity index (χ3v) is 5.09. The van der Waals surface area contributed by atoms with Crippen LogP contribution in [0.1, 0.15) is 37.8 Å². The molecule has 1 amide bonds. The molecule has 1 aromatic rings. The molecule has 114 valence electrons. The highest BCUT2D eigenvalue weighted by molar-refractivity contribution is 5.80. The van der Waals surface area contributed by atoms with E-state index in [4.69, 9.17) is 5.73 Å². The number of nitrogens with one attached hydrogen (secondary N) is 1. The minimum Gasteiger partial charge on any atom is -0.349 e. The van der Waals surface area contributed by atoms with E-state index in [1.54, 1.807) is 6.92 Å². The molecule has 3 nitrogen and oxygen atoms in total. The summed E-state index contributed by atoms with van der Waals surface area (Å²) in [5.74, 6) is -1.15. The number of hydrogen-bond acceptors (Lipinski definition) is 2. The SMILES string of the molecule is CC(NC(=O)C1C2CCC(C2)C1N)c1ccc(F)c(F)c1. The predicted molar refractivity (Wildman–Crippen MR) is 75.2 cm³/mol. The van der Waals surface area contributed by atoms with Gasteiger partial charge in [-0.3, -0.25) is 4.79 Å². The van der Waals surface area contributed by atoms with Gasteiger partial charge in [-0.2, -0.15) is 0 Å². The summed E-state index contributed by atoms with van der Waals surface area (Å²) in [7, 11) is 0. The Bertz CT molecular complexity index is 561. The lowest BCUT2D eigenvalue weighted by molar-refractivity contribution is -0.127. The van der Waals surface area contributed by atoms with Crippen LogP contribution in [0.5, 0.6) is 0 Å². The van der Waals surface area contributed by atoms with Crippen LogP contribution in [0.4, 0.5) is 8.78 Å². The van der Waals surface area contributed by atoms with Gasteiger partial charge in [-0.25, -0.2) is 8.78 Å². The van der Waals surface area contributed by atoms with E-state index in [1.165, 1.54) is 6.07 Å². The van der Waals surface area contributed by atoms with E-state index in [1.807, 2.05) is 0 Å². The highest BCUT2D eigenvalue weighted by atomic mass is 19.2. The van der Waals surface area contributed by atoms with E-state index in [0.717, 1.165) is 31.4 Å². The van der Waals surface area contributed by atoms with Crippen LogP contribution in [-0.2, 0) is 4.79 Å². The Morgan fingerprint density at radius 3 is 2.62 bits per heavy atom. The number of fused-ring (bicyclic) bond motifs is 2. The van der Waals surface area contributed by atoms with Crippen LogP contribution in [0.15, 0.2) is 18.2 Å². The minimum atomic E-state index is -0.898. The molecule has 0 heterocycles. The second kappa shape index (κ2) is 5.37. The van der Waals surface area contributed by atoms with E-state index in [9.17, 15) is 13.6 Å². The lowest BCUT2D eigenvalue weighted by Gasteiger charge is -2.28. The highest BCUT2D eigenvalue weighted by Gasteiger charge is 2.49. The largest absolute Gasteiger partial charge is 0.349 e. The molecule has 5 heteroatoms. The van der Waals surface area contributed by atoms with Crippen LogP contribution in [-0.4, -0.2) is 11.9 Å². The first kappa shape index (κ1) is 14.4. The topological polar surface area (TPSA) is 55.1 Å². The first-order chi connectivity index (χ1) is 9.97. The van der Waals surface area contributed by atoms with Crippen molar-refractivity contribution in [2.75, 3.05) is 0 Å². The summed E-state index contributed by atoms with van der Waals surface area (Å²) >= 11 is 0. The average molecular weight is 294 g/mol. The van der Waals surface area contributed by atoms with Crippen molar-refractivity contribution in [1.82, 2.24) is 5.32 Å². The molecule has 3 N–H and O–H groups in total. The van der Waals surface area contributed by atoms with Gasteiger partial charge in [0.2, 0.25) is 5.91 Å². The van der Waals surface area contributed by atoms with Gasteiger partial charge in [0.15, 0.2) is 11.6 Å². The van der Waals surface area contributed by atoms with E-state index in [2.05, 4.69) is 5.32 Å². The molecule has 2 bridgehead atoms. The molecule has 2 fully saturated rings. The molecule has 5 atom stereocenters. The fourth-order valence-corrected chi connectivity index (χ4v) is 3.90. The van der Waals surface area contributed by atoms with Crippen LogP contribution in [0.3, 0.4) is 0 Å². The number of halogens is 2. The second-order valence-electron chi connectivity index (χ2n) is 6.34. The number of rotatable bonds is 3. The zero-order valence-corrected chi connectivity index (χ0v) is 12.0. The van der Waals surface area contributed by atoms with Gasteiger partial charge < -0.3 is 11.1 Å². The van der Waals surface area contributed by atoms with Crippen molar-refractivity contribution < 1.29 is 13.6 Å². The van der Waals surface area contributed by atoms with Crippen LogP contribution in [0, 0.1) is 29.4 Å². The summed E-state index contributed by atoms with van der Waals surface area (Å²) in [6.45, 7) is 1.77. The van der Waals surface area contributed by atoms with Crippen molar-refractivity contribution in [3.05, 3.63) is 35.4 Å². The van der Waals surface area contributed by atoms with E-state index in [0.29, 0.717) is 17.4 Å². The summed E-state index contributed by atoms with van der Waals surface area (Å²) < 4.78 is 26.2.